The van der Waals surface area contributed by atoms with Crippen LogP contribution in [0.2, 0.25) is 0 Å². The molecular weight excluding hydrogens is 426 g/mol. The molecule has 2 N–H and O–H groups in total. The Hall–Kier alpha value is -3.62. The van der Waals surface area contributed by atoms with Crippen molar-refractivity contribution in [3.63, 3.8) is 0 Å². The van der Waals surface area contributed by atoms with Gasteiger partial charge in [0.15, 0.2) is 9.84 Å². The van der Waals surface area contributed by atoms with Crippen LogP contribution < -0.4 is 15.2 Å². The molecule has 0 spiro atoms. The minimum atomic E-state index is -3.49. The van der Waals surface area contributed by atoms with Crippen LogP contribution in [0, 0.1) is 0 Å². The van der Waals surface area contributed by atoms with E-state index in [2.05, 4.69) is 0 Å². The van der Waals surface area contributed by atoms with E-state index >= 15 is 0 Å². The fourth-order valence-corrected chi connectivity index (χ4v) is 4.08. The van der Waals surface area contributed by atoms with Gasteiger partial charge in [-0.25, -0.2) is 13.1 Å². The minimum absolute atomic E-state index is 0.178. The second-order valence-electron chi connectivity index (χ2n) is 7.06. The summed E-state index contributed by atoms with van der Waals surface area (Å²) >= 11 is 0. The summed E-state index contributed by atoms with van der Waals surface area (Å²) in [6, 6.07) is 23.9. The van der Waals surface area contributed by atoms with Crippen LogP contribution in [0.25, 0.3) is 28.2 Å². The smallest absolute Gasteiger partial charge is 0.191 e. The van der Waals surface area contributed by atoms with Gasteiger partial charge < -0.3 is 15.2 Å². The van der Waals surface area contributed by atoms with Gasteiger partial charge in [0.2, 0.25) is 0 Å². The van der Waals surface area contributed by atoms with E-state index in [0.29, 0.717) is 0 Å². The largest absolute Gasteiger partial charge is 0.497 e. The average molecular weight is 450 g/mol. The molecule has 0 saturated heterocycles. The lowest BCUT2D eigenvalue weighted by Gasteiger charge is -2.09. The first kappa shape index (κ1) is 21.6. The number of ether oxygens (including phenoxy) is 2. The van der Waals surface area contributed by atoms with E-state index in [1.807, 2.05) is 54.6 Å². The molecule has 8 heteroatoms. The topological polar surface area (TPSA) is 96.4 Å². The lowest BCUT2D eigenvalue weighted by Crippen LogP contribution is -2.14. The van der Waals surface area contributed by atoms with Crippen molar-refractivity contribution in [3.8, 4) is 39.7 Å². The summed E-state index contributed by atoms with van der Waals surface area (Å²) in [5.41, 5.74) is 9.61. The fourth-order valence-electron chi connectivity index (χ4n) is 3.34. The quantitative estimate of drug-likeness (QED) is 0.459. The second-order valence-corrected chi connectivity index (χ2v) is 9.09. The Balaban J connectivity index is 1.82. The highest BCUT2D eigenvalue weighted by molar-refractivity contribution is 7.91. The molecule has 1 heterocycles. The number of sulfone groups is 1. The van der Waals surface area contributed by atoms with Gasteiger partial charge in [0.25, 0.3) is 0 Å². The molecular formula is C24H23N3O4S. The Morgan fingerprint density at radius 3 is 1.84 bits per heavy atom. The van der Waals surface area contributed by atoms with E-state index in [-0.39, 0.29) is 4.90 Å². The van der Waals surface area contributed by atoms with E-state index in [4.69, 9.17) is 20.3 Å². The zero-order valence-electron chi connectivity index (χ0n) is 17.7. The lowest BCUT2D eigenvalue weighted by molar-refractivity contribution is 0.414. The highest BCUT2D eigenvalue weighted by Gasteiger charge is 2.16. The molecule has 0 bridgehead atoms. The van der Waals surface area contributed by atoms with Crippen molar-refractivity contribution in [1.82, 2.24) is 9.78 Å². The van der Waals surface area contributed by atoms with Crippen LogP contribution in [-0.4, -0.2) is 38.3 Å². The molecule has 7 nitrogen and oxygen atoms in total. The lowest BCUT2D eigenvalue weighted by atomic mass is 10.1. The standard InChI is InChI=1S/C24H23N3O4S/c1-30-20-9-3-17(4-10-20)23-15-24(18-5-11-21(31-2)12-6-18)27(26-23)19-7-13-22(14-8-19)32(28,29)16-25/h3-15H,16,25H2,1-2H3. The number of nitrogens with two attached hydrogens (primary N) is 1. The first-order valence-corrected chi connectivity index (χ1v) is 11.5. The van der Waals surface area contributed by atoms with Gasteiger partial charge in [-0.1, -0.05) is 0 Å². The average Bonchev–Trinajstić information content (AvgIpc) is 3.29. The van der Waals surface area contributed by atoms with Crippen molar-refractivity contribution in [1.29, 1.82) is 0 Å². The van der Waals surface area contributed by atoms with Gasteiger partial charge >= 0.3 is 0 Å². The van der Waals surface area contributed by atoms with Crippen molar-refractivity contribution in [2.75, 3.05) is 20.1 Å². The summed E-state index contributed by atoms with van der Waals surface area (Å²) in [4.78, 5) is 0.178. The molecule has 0 aliphatic heterocycles. The first-order chi connectivity index (χ1) is 15.4. The molecule has 164 valence electrons. The molecule has 32 heavy (non-hydrogen) atoms. The van der Waals surface area contributed by atoms with Crippen LogP contribution in [0.5, 0.6) is 11.5 Å². The van der Waals surface area contributed by atoms with E-state index in [1.54, 1.807) is 43.2 Å². The Labute approximate surface area is 186 Å². The molecule has 0 atom stereocenters. The minimum Gasteiger partial charge on any atom is -0.497 e. The maximum absolute atomic E-state index is 12.1. The normalized spacial score (nSPS) is 11.3. The van der Waals surface area contributed by atoms with Gasteiger partial charge in [-0.15, -0.1) is 0 Å². The number of benzene rings is 3. The van der Waals surface area contributed by atoms with E-state index < -0.39 is 15.7 Å². The number of rotatable bonds is 7. The summed E-state index contributed by atoms with van der Waals surface area (Å²) in [6.07, 6.45) is 0. The molecule has 4 rings (SSSR count). The number of aromatic nitrogens is 2. The van der Waals surface area contributed by atoms with E-state index in [0.717, 1.165) is 39.7 Å². The van der Waals surface area contributed by atoms with Crippen LogP contribution in [0.4, 0.5) is 0 Å². The van der Waals surface area contributed by atoms with Crippen molar-refractivity contribution in [2.45, 2.75) is 4.90 Å². The zero-order valence-corrected chi connectivity index (χ0v) is 18.5. The van der Waals surface area contributed by atoms with Gasteiger partial charge in [-0.05, 0) is 78.9 Å². The molecule has 0 aliphatic rings. The van der Waals surface area contributed by atoms with Gasteiger partial charge in [0.05, 0.1) is 36.2 Å². The molecule has 4 aromatic rings. The summed E-state index contributed by atoms with van der Waals surface area (Å²) in [5.74, 6) is 1.08. The highest BCUT2D eigenvalue weighted by Crippen LogP contribution is 2.31. The summed E-state index contributed by atoms with van der Waals surface area (Å²) in [5, 5.41) is 4.81. The summed E-state index contributed by atoms with van der Waals surface area (Å²) in [6.45, 7) is 0. The molecule has 0 aliphatic carbocycles. The monoisotopic (exact) mass is 449 g/mol. The van der Waals surface area contributed by atoms with Gasteiger partial charge in [-0.2, -0.15) is 5.10 Å². The van der Waals surface area contributed by atoms with Crippen LogP contribution >= 0.6 is 0 Å². The zero-order chi connectivity index (χ0) is 22.7. The van der Waals surface area contributed by atoms with Crippen molar-refractivity contribution >= 4 is 9.84 Å². The van der Waals surface area contributed by atoms with E-state index in [9.17, 15) is 8.42 Å². The second kappa shape index (κ2) is 8.86. The Bertz CT molecular complexity index is 1310. The highest BCUT2D eigenvalue weighted by atomic mass is 32.2. The third kappa shape index (κ3) is 4.23. The number of nitrogens with zero attached hydrogens (tertiary/aromatic N) is 2. The Morgan fingerprint density at radius 1 is 0.812 bits per heavy atom. The SMILES string of the molecule is COc1ccc(-c2cc(-c3ccc(OC)cc3)n(-c3ccc(S(=O)(=O)CN)cc3)n2)cc1. The number of hydrogen-bond donors (Lipinski definition) is 1. The van der Waals surface area contributed by atoms with Crippen molar-refractivity contribution in [3.05, 3.63) is 78.9 Å². The molecule has 1 aromatic heterocycles. The predicted octanol–water partition coefficient (Wildman–Crippen LogP) is 3.91. The molecule has 3 aromatic carbocycles. The van der Waals surface area contributed by atoms with Gasteiger partial charge in [0.1, 0.15) is 17.4 Å². The first-order valence-electron chi connectivity index (χ1n) is 9.87. The molecule has 0 radical (unpaired) electrons. The summed E-state index contributed by atoms with van der Waals surface area (Å²) in [7, 11) is -0.241. The molecule has 0 amide bonds. The van der Waals surface area contributed by atoms with Crippen LogP contribution in [0.1, 0.15) is 0 Å². The van der Waals surface area contributed by atoms with Gasteiger partial charge in [-0.3, -0.25) is 0 Å². The van der Waals surface area contributed by atoms with Gasteiger partial charge in [0, 0.05) is 11.1 Å². The van der Waals surface area contributed by atoms with Crippen LogP contribution in [-0.2, 0) is 9.84 Å². The Morgan fingerprint density at radius 2 is 1.34 bits per heavy atom. The summed E-state index contributed by atoms with van der Waals surface area (Å²) < 4.78 is 36.4. The molecule has 0 saturated carbocycles. The molecule has 0 unspecified atom stereocenters. The van der Waals surface area contributed by atoms with Crippen molar-refractivity contribution < 1.29 is 17.9 Å². The molecule has 0 fully saturated rings. The third-order valence-electron chi connectivity index (χ3n) is 5.14. The fraction of sp³-hybridized carbons (Fsp3) is 0.125. The van der Waals surface area contributed by atoms with Crippen LogP contribution in [0.15, 0.2) is 83.8 Å². The maximum Gasteiger partial charge on any atom is 0.191 e. The van der Waals surface area contributed by atoms with E-state index in [1.165, 1.54) is 0 Å². The third-order valence-corrected chi connectivity index (χ3v) is 6.57. The number of hydrogen-bond acceptors (Lipinski definition) is 6. The maximum atomic E-state index is 12.1. The van der Waals surface area contributed by atoms with Crippen LogP contribution in [0.3, 0.4) is 0 Å². The number of methoxy groups -OCH3 is 2. The Kier molecular flexibility index (Phi) is 5.98. The predicted molar refractivity (Wildman–Crippen MR) is 124 cm³/mol. The van der Waals surface area contributed by atoms with Crippen molar-refractivity contribution in [2.24, 2.45) is 5.73 Å².